The number of hydrogen-bond donors (Lipinski definition) is 3. The molecule has 0 spiro atoms. The number of nitrogens with zero attached hydrogens (tertiary/aromatic N) is 1. The van der Waals surface area contributed by atoms with E-state index < -0.39 is 0 Å². The van der Waals surface area contributed by atoms with E-state index in [1.54, 1.807) is 0 Å². The smallest absolute Gasteiger partial charge is 0.193 e. The molecule has 5 N–H and O–H groups in total. The van der Waals surface area contributed by atoms with Crippen LogP contribution in [0.5, 0.6) is 0 Å². The predicted octanol–water partition coefficient (Wildman–Crippen LogP) is 0.312. The van der Waals surface area contributed by atoms with Crippen LogP contribution in [0.15, 0.2) is 4.99 Å². The van der Waals surface area contributed by atoms with Crippen LogP contribution in [0.3, 0.4) is 0 Å². The highest BCUT2D eigenvalue weighted by Crippen LogP contribution is 2.29. The molecule has 0 unspecified atom stereocenters. The van der Waals surface area contributed by atoms with E-state index >= 15 is 0 Å². The number of nitrogens with one attached hydrogen (secondary N) is 1. The van der Waals surface area contributed by atoms with E-state index in [0.29, 0.717) is 5.94 Å². The molecule has 1 saturated carbocycles. The fraction of sp³-hybridized carbons (Fsp3) is 0.714. The Balaban J connectivity index is 1.97. The summed E-state index contributed by atoms with van der Waals surface area (Å²) in [6, 6.07) is 0. The number of thioether (sulfide) groups is 1. The first-order valence-electron chi connectivity index (χ1n) is 4.07. The predicted molar refractivity (Wildman–Crippen MR) is 54.7 cm³/mol. The average Bonchev–Trinajstić information content (AvgIpc) is 2.80. The molecular formula is C7H14N4OS. The zero-order valence-electron chi connectivity index (χ0n) is 7.32. The Morgan fingerprint density at radius 2 is 2.23 bits per heavy atom. The van der Waals surface area contributed by atoms with Crippen molar-refractivity contribution in [2.45, 2.75) is 12.8 Å². The van der Waals surface area contributed by atoms with Gasteiger partial charge in [-0.2, -0.15) is 4.99 Å². The van der Waals surface area contributed by atoms with Gasteiger partial charge in [0, 0.05) is 0 Å². The number of rotatable bonds is 4. The van der Waals surface area contributed by atoms with Gasteiger partial charge < -0.3 is 16.2 Å². The second-order valence-corrected chi connectivity index (χ2v) is 3.83. The molecule has 74 valence electrons. The number of guanidine groups is 1. The molecule has 0 aromatic rings. The van der Waals surface area contributed by atoms with E-state index in [1.165, 1.54) is 24.6 Å². The van der Waals surface area contributed by atoms with Crippen LogP contribution in [0.2, 0.25) is 0 Å². The average molecular weight is 202 g/mol. The van der Waals surface area contributed by atoms with Gasteiger partial charge in [-0.1, -0.05) is 11.8 Å². The molecule has 0 radical (unpaired) electrons. The first-order valence-corrected chi connectivity index (χ1v) is 5.06. The quantitative estimate of drug-likeness (QED) is 0.264. The normalized spacial score (nSPS) is 15.4. The third-order valence-electron chi connectivity index (χ3n) is 1.56. The van der Waals surface area contributed by atoms with Crippen molar-refractivity contribution in [3.8, 4) is 0 Å². The molecule has 0 atom stereocenters. The SMILES string of the molecule is N=C(N=C(N)N)SCOCC1CC1. The van der Waals surface area contributed by atoms with Crippen molar-refractivity contribution in [3.05, 3.63) is 0 Å². The van der Waals surface area contributed by atoms with Crippen LogP contribution in [0, 0.1) is 11.3 Å². The highest BCUT2D eigenvalue weighted by Gasteiger charge is 2.20. The van der Waals surface area contributed by atoms with Crippen molar-refractivity contribution < 1.29 is 4.74 Å². The van der Waals surface area contributed by atoms with Crippen LogP contribution in [-0.4, -0.2) is 23.7 Å². The first-order chi connectivity index (χ1) is 6.18. The van der Waals surface area contributed by atoms with Crippen LogP contribution in [0.25, 0.3) is 0 Å². The summed E-state index contributed by atoms with van der Waals surface area (Å²) in [5, 5.41) is 7.35. The molecule has 1 aliphatic rings. The van der Waals surface area contributed by atoms with Crippen molar-refractivity contribution in [3.63, 3.8) is 0 Å². The summed E-state index contributed by atoms with van der Waals surface area (Å²) in [6.07, 6.45) is 2.55. The van der Waals surface area contributed by atoms with E-state index in [2.05, 4.69) is 4.99 Å². The zero-order valence-corrected chi connectivity index (χ0v) is 8.14. The lowest BCUT2D eigenvalue weighted by atomic mass is 10.5. The van der Waals surface area contributed by atoms with Gasteiger partial charge in [-0.3, -0.25) is 5.41 Å². The van der Waals surface area contributed by atoms with Gasteiger partial charge >= 0.3 is 0 Å². The van der Waals surface area contributed by atoms with Crippen molar-refractivity contribution in [1.82, 2.24) is 0 Å². The minimum atomic E-state index is -0.0836. The molecule has 1 fully saturated rings. The molecule has 0 saturated heterocycles. The van der Waals surface area contributed by atoms with Crippen LogP contribution in [0.4, 0.5) is 0 Å². The molecule has 0 aromatic carbocycles. The number of aliphatic imine (C=N–C) groups is 1. The number of amidine groups is 1. The van der Waals surface area contributed by atoms with Gasteiger partial charge in [-0.25, -0.2) is 0 Å². The van der Waals surface area contributed by atoms with Crippen molar-refractivity contribution in [1.29, 1.82) is 5.41 Å². The Kier molecular flexibility index (Phi) is 4.04. The van der Waals surface area contributed by atoms with Gasteiger partial charge in [0.25, 0.3) is 0 Å². The minimum Gasteiger partial charge on any atom is -0.370 e. The second kappa shape index (κ2) is 5.08. The fourth-order valence-electron chi connectivity index (χ4n) is 0.746. The molecule has 6 heteroatoms. The van der Waals surface area contributed by atoms with Crippen LogP contribution in [0.1, 0.15) is 12.8 Å². The maximum absolute atomic E-state index is 7.26. The van der Waals surface area contributed by atoms with Crippen LogP contribution < -0.4 is 11.5 Å². The maximum atomic E-state index is 7.26. The largest absolute Gasteiger partial charge is 0.370 e. The summed E-state index contributed by atoms with van der Waals surface area (Å²) in [5.41, 5.74) is 10.2. The lowest BCUT2D eigenvalue weighted by Crippen LogP contribution is -2.23. The van der Waals surface area contributed by atoms with Gasteiger partial charge in [0.05, 0.1) is 12.5 Å². The molecular weight excluding hydrogens is 188 g/mol. The number of hydrogen-bond acceptors (Lipinski definition) is 3. The Morgan fingerprint density at radius 1 is 1.54 bits per heavy atom. The summed E-state index contributed by atoms with van der Waals surface area (Å²) < 4.78 is 5.28. The van der Waals surface area contributed by atoms with E-state index in [9.17, 15) is 0 Å². The van der Waals surface area contributed by atoms with Crippen LogP contribution in [-0.2, 0) is 4.74 Å². The summed E-state index contributed by atoms with van der Waals surface area (Å²) >= 11 is 1.19. The molecule has 0 aliphatic heterocycles. The third-order valence-corrected chi connectivity index (χ3v) is 2.21. The summed E-state index contributed by atoms with van der Waals surface area (Å²) in [6.45, 7) is 0.794. The lowest BCUT2D eigenvalue weighted by molar-refractivity contribution is 0.171. The van der Waals surface area contributed by atoms with Crippen molar-refractivity contribution in [2.24, 2.45) is 22.4 Å². The second-order valence-electron chi connectivity index (χ2n) is 2.92. The van der Waals surface area contributed by atoms with Gasteiger partial charge in [0.1, 0.15) is 0 Å². The van der Waals surface area contributed by atoms with Gasteiger partial charge in [0.2, 0.25) is 0 Å². The highest BCUT2D eigenvalue weighted by atomic mass is 32.2. The maximum Gasteiger partial charge on any atom is 0.193 e. The third kappa shape index (κ3) is 5.48. The zero-order chi connectivity index (χ0) is 9.68. The van der Waals surface area contributed by atoms with Gasteiger partial charge in [-0.05, 0) is 18.8 Å². The van der Waals surface area contributed by atoms with E-state index in [1.807, 2.05) is 0 Å². The van der Waals surface area contributed by atoms with Crippen molar-refractivity contribution in [2.75, 3.05) is 12.5 Å². The topological polar surface area (TPSA) is 97.5 Å². The molecule has 0 heterocycles. The standard InChI is InChI=1S/C7H14N4OS/c8-6(9)11-7(10)13-4-12-3-5-1-2-5/h5H,1-4H2,(H5,8,9,10,11). The fourth-order valence-corrected chi connectivity index (χ4v) is 1.21. The molecule has 13 heavy (non-hydrogen) atoms. The first kappa shape index (κ1) is 10.3. The molecule has 0 amide bonds. The van der Waals surface area contributed by atoms with E-state index in [0.717, 1.165) is 12.5 Å². The van der Waals surface area contributed by atoms with Gasteiger partial charge in [-0.15, -0.1) is 0 Å². The minimum absolute atomic E-state index is 0.0836. The molecule has 0 bridgehead atoms. The number of nitrogens with two attached hydrogens (primary N) is 2. The molecule has 0 aromatic heterocycles. The number of ether oxygens (including phenoxy) is 1. The highest BCUT2D eigenvalue weighted by molar-refractivity contribution is 8.13. The van der Waals surface area contributed by atoms with Gasteiger partial charge in [0.15, 0.2) is 11.1 Å². The van der Waals surface area contributed by atoms with Crippen LogP contribution >= 0.6 is 11.8 Å². The summed E-state index contributed by atoms with van der Waals surface area (Å²) in [4.78, 5) is 3.55. The van der Waals surface area contributed by atoms with E-state index in [-0.39, 0.29) is 11.1 Å². The Hall–Kier alpha value is -0.750. The Morgan fingerprint density at radius 3 is 2.77 bits per heavy atom. The van der Waals surface area contributed by atoms with E-state index in [4.69, 9.17) is 21.6 Å². The van der Waals surface area contributed by atoms with Crippen molar-refractivity contribution >= 4 is 22.9 Å². The monoisotopic (exact) mass is 202 g/mol. The Bertz CT molecular complexity index is 211. The summed E-state index contributed by atoms with van der Waals surface area (Å²) in [7, 11) is 0. The summed E-state index contributed by atoms with van der Waals surface area (Å²) in [5.74, 6) is 1.11. The molecule has 5 nitrogen and oxygen atoms in total. The Labute approximate surface area is 81.4 Å². The lowest BCUT2D eigenvalue weighted by Gasteiger charge is -2.00. The molecule has 1 rings (SSSR count). The molecule has 1 aliphatic carbocycles.